The zero-order valence-electron chi connectivity index (χ0n) is 14.5. The lowest BCUT2D eigenvalue weighted by atomic mass is 9.72. The first kappa shape index (κ1) is 17.1. The van der Waals surface area contributed by atoms with E-state index in [1.54, 1.807) is 36.7 Å². The van der Waals surface area contributed by atoms with Crippen LogP contribution in [-0.2, 0) is 5.54 Å². The highest BCUT2D eigenvalue weighted by atomic mass is 19.1. The van der Waals surface area contributed by atoms with E-state index in [4.69, 9.17) is 5.73 Å². The van der Waals surface area contributed by atoms with Gasteiger partial charge in [0, 0.05) is 24.2 Å². The highest BCUT2D eigenvalue weighted by Gasteiger charge is 2.39. The number of nitrogens with one attached hydrogen (secondary N) is 1. The molecule has 0 bridgehead atoms. The Morgan fingerprint density at radius 3 is 2.33 bits per heavy atom. The van der Waals surface area contributed by atoms with Gasteiger partial charge in [0.1, 0.15) is 11.5 Å². The van der Waals surface area contributed by atoms with Gasteiger partial charge in [-0.25, -0.2) is 14.4 Å². The van der Waals surface area contributed by atoms with Gasteiger partial charge in [0.25, 0.3) is 5.91 Å². The number of carbonyl (C=O) groups is 1. The summed E-state index contributed by atoms with van der Waals surface area (Å²) in [5, 5.41) is 3.40. The SMILES string of the molecule is NC(=O)c1cc(-c2cnc(NC3(c4ccc(F)cc4)CCC3)nc2)ccn1. The number of primary amides is 1. The zero-order valence-corrected chi connectivity index (χ0v) is 14.5. The fraction of sp³-hybridized carbons (Fsp3) is 0.200. The molecule has 1 aliphatic rings. The number of anilines is 1. The molecule has 6 nitrogen and oxygen atoms in total. The summed E-state index contributed by atoms with van der Waals surface area (Å²) < 4.78 is 13.2. The van der Waals surface area contributed by atoms with Gasteiger partial charge >= 0.3 is 0 Å². The Kier molecular flexibility index (Phi) is 4.27. The van der Waals surface area contributed by atoms with E-state index in [0.29, 0.717) is 5.95 Å². The first-order valence-corrected chi connectivity index (χ1v) is 8.68. The molecule has 1 saturated carbocycles. The van der Waals surface area contributed by atoms with Crippen LogP contribution in [0, 0.1) is 5.82 Å². The number of hydrogen-bond donors (Lipinski definition) is 2. The average Bonchev–Trinajstić information content (AvgIpc) is 2.66. The Morgan fingerprint density at radius 2 is 1.74 bits per heavy atom. The van der Waals surface area contributed by atoms with Crippen molar-refractivity contribution >= 4 is 11.9 Å². The first-order chi connectivity index (χ1) is 13.1. The molecule has 136 valence electrons. The van der Waals surface area contributed by atoms with Crippen LogP contribution < -0.4 is 11.1 Å². The van der Waals surface area contributed by atoms with Crippen molar-refractivity contribution in [3.05, 3.63) is 72.1 Å². The number of hydrogen-bond acceptors (Lipinski definition) is 5. The van der Waals surface area contributed by atoms with Crippen LogP contribution in [0.4, 0.5) is 10.3 Å². The average molecular weight is 363 g/mol. The zero-order chi connectivity index (χ0) is 18.9. The molecule has 4 rings (SSSR count). The highest BCUT2D eigenvalue weighted by Crippen LogP contribution is 2.43. The largest absolute Gasteiger partial charge is 0.364 e. The highest BCUT2D eigenvalue weighted by molar-refractivity contribution is 5.91. The molecule has 27 heavy (non-hydrogen) atoms. The maximum atomic E-state index is 13.2. The molecule has 3 N–H and O–H groups in total. The number of nitrogens with zero attached hydrogens (tertiary/aromatic N) is 3. The second-order valence-electron chi connectivity index (χ2n) is 6.66. The normalized spacial score (nSPS) is 15.0. The lowest BCUT2D eigenvalue weighted by Crippen LogP contribution is -2.42. The number of rotatable bonds is 5. The van der Waals surface area contributed by atoms with E-state index < -0.39 is 5.91 Å². The number of benzene rings is 1. The van der Waals surface area contributed by atoms with Gasteiger partial charge < -0.3 is 11.1 Å². The van der Waals surface area contributed by atoms with Crippen LogP contribution >= 0.6 is 0 Å². The molecule has 0 spiro atoms. The van der Waals surface area contributed by atoms with Gasteiger partial charge in [-0.2, -0.15) is 0 Å². The topological polar surface area (TPSA) is 93.8 Å². The molecular weight excluding hydrogens is 345 g/mol. The van der Waals surface area contributed by atoms with Crippen molar-refractivity contribution < 1.29 is 9.18 Å². The number of pyridine rings is 1. The Balaban J connectivity index is 1.56. The second kappa shape index (κ2) is 6.75. The van der Waals surface area contributed by atoms with Crippen molar-refractivity contribution in [3.63, 3.8) is 0 Å². The predicted molar refractivity (Wildman–Crippen MR) is 99.3 cm³/mol. The number of nitrogens with two attached hydrogens (primary N) is 1. The minimum absolute atomic E-state index is 0.194. The van der Waals surface area contributed by atoms with Crippen molar-refractivity contribution in [3.8, 4) is 11.1 Å². The van der Waals surface area contributed by atoms with Gasteiger partial charge in [-0.3, -0.25) is 9.78 Å². The van der Waals surface area contributed by atoms with E-state index in [9.17, 15) is 9.18 Å². The van der Waals surface area contributed by atoms with E-state index in [-0.39, 0.29) is 17.1 Å². The summed E-state index contributed by atoms with van der Waals surface area (Å²) in [4.78, 5) is 24.0. The lowest BCUT2D eigenvalue weighted by molar-refractivity contribution is 0.0995. The van der Waals surface area contributed by atoms with Crippen LogP contribution in [0.2, 0.25) is 0 Å². The smallest absolute Gasteiger partial charge is 0.267 e. The van der Waals surface area contributed by atoms with Crippen LogP contribution in [-0.4, -0.2) is 20.9 Å². The third-order valence-electron chi connectivity index (χ3n) is 4.95. The van der Waals surface area contributed by atoms with Crippen molar-refractivity contribution in [1.82, 2.24) is 15.0 Å². The van der Waals surface area contributed by atoms with Gasteiger partial charge in [0.15, 0.2) is 0 Å². The molecule has 7 heteroatoms. The molecule has 1 aromatic carbocycles. The number of halogens is 1. The molecule has 0 saturated heterocycles. The van der Waals surface area contributed by atoms with E-state index in [0.717, 1.165) is 36.0 Å². The summed E-state index contributed by atoms with van der Waals surface area (Å²) in [5.74, 6) is -0.323. The monoisotopic (exact) mass is 363 g/mol. The van der Waals surface area contributed by atoms with E-state index in [1.165, 1.54) is 18.3 Å². The Morgan fingerprint density at radius 1 is 1.04 bits per heavy atom. The Bertz CT molecular complexity index is 968. The van der Waals surface area contributed by atoms with Crippen LogP contribution in [0.15, 0.2) is 55.0 Å². The molecule has 0 aliphatic heterocycles. The third kappa shape index (κ3) is 3.36. The maximum absolute atomic E-state index is 13.2. The molecule has 2 heterocycles. The van der Waals surface area contributed by atoms with Gasteiger partial charge in [-0.1, -0.05) is 12.1 Å². The van der Waals surface area contributed by atoms with Crippen LogP contribution in [0.5, 0.6) is 0 Å². The van der Waals surface area contributed by atoms with Gasteiger partial charge in [0.05, 0.1) is 5.54 Å². The molecule has 3 aromatic rings. The minimum atomic E-state index is -0.581. The van der Waals surface area contributed by atoms with Crippen LogP contribution in [0.3, 0.4) is 0 Å². The number of amides is 1. The van der Waals surface area contributed by atoms with Gasteiger partial charge in [0.2, 0.25) is 5.95 Å². The molecule has 1 aliphatic carbocycles. The second-order valence-corrected chi connectivity index (χ2v) is 6.66. The third-order valence-corrected chi connectivity index (χ3v) is 4.95. The lowest BCUT2D eigenvalue weighted by Gasteiger charge is -2.43. The van der Waals surface area contributed by atoms with Crippen molar-refractivity contribution in [1.29, 1.82) is 0 Å². The molecule has 1 amide bonds. The van der Waals surface area contributed by atoms with Gasteiger partial charge in [-0.05, 0) is 54.7 Å². The maximum Gasteiger partial charge on any atom is 0.267 e. The molecule has 1 fully saturated rings. The molecule has 0 radical (unpaired) electrons. The molecular formula is C20H18FN5O. The van der Waals surface area contributed by atoms with Crippen LogP contribution in [0.25, 0.3) is 11.1 Å². The fourth-order valence-electron chi connectivity index (χ4n) is 3.29. The minimum Gasteiger partial charge on any atom is -0.364 e. The first-order valence-electron chi connectivity index (χ1n) is 8.68. The number of carbonyl (C=O) groups excluding carboxylic acids is 1. The fourth-order valence-corrected chi connectivity index (χ4v) is 3.29. The number of aromatic nitrogens is 3. The van der Waals surface area contributed by atoms with E-state index in [2.05, 4.69) is 20.3 Å². The molecule has 0 unspecified atom stereocenters. The van der Waals surface area contributed by atoms with E-state index in [1.807, 2.05) is 0 Å². The quantitative estimate of drug-likeness (QED) is 0.726. The Hall–Kier alpha value is -3.35. The van der Waals surface area contributed by atoms with Crippen LogP contribution in [0.1, 0.15) is 35.3 Å². The van der Waals surface area contributed by atoms with Gasteiger partial charge in [-0.15, -0.1) is 0 Å². The molecule has 2 aromatic heterocycles. The van der Waals surface area contributed by atoms with Crippen molar-refractivity contribution in [2.24, 2.45) is 5.73 Å². The summed E-state index contributed by atoms with van der Waals surface area (Å²) in [5.41, 5.74) is 7.77. The summed E-state index contributed by atoms with van der Waals surface area (Å²) in [6, 6.07) is 9.93. The summed E-state index contributed by atoms with van der Waals surface area (Å²) in [7, 11) is 0. The summed E-state index contributed by atoms with van der Waals surface area (Å²) in [6.45, 7) is 0. The van der Waals surface area contributed by atoms with Crippen molar-refractivity contribution in [2.75, 3.05) is 5.32 Å². The molecule has 0 atom stereocenters. The predicted octanol–water partition coefficient (Wildman–Crippen LogP) is 3.27. The van der Waals surface area contributed by atoms with E-state index >= 15 is 0 Å². The standard InChI is InChI=1S/C20H18FN5O/c21-16-4-2-15(3-5-16)20(7-1-8-20)26-19-24-11-14(12-25-19)13-6-9-23-17(10-13)18(22)27/h2-6,9-12H,1,7-8H2,(H2,22,27)(H,24,25,26). The van der Waals surface area contributed by atoms with Crippen molar-refractivity contribution in [2.45, 2.75) is 24.8 Å². The summed E-state index contributed by atoms with van der Waals surface area (Å²) in [6.07, 6.45) is 7.87. The summed E-state index contributed by atoms with van der Waals surface area (Å²) >= 11 is 0. The Labute approximate surface area is 155 Å².